The Morgan fingerprint density at radius 1 is 1.19 bits per heavy atom. The van der Waals surface area contributed by atoms with Crippen LogP contribution in [-0.2, 0) is 19.3 Å². The molecular weight excluding hydrogens is 384 g/mol. The highest BCUT2D eigenvalue weighted by Crippen LogP contribution is 2.57. The molecule has 0 saturated carbocycles. The van der Waals surface area contributed by atoms with Gasteiger partial charge in [-0.3, -0.25) is 19.3 Å². The molecule has 2 aromatic rings. The average Bonchev–Trinajstić information content (AvgIpc) is 3.07. The van der Waals surface area contributed by atoms with Crippen molar-refractivity contribution in [2.75, 3.05) is 9.80 Å². The lowest BCUT2D eigenvalue weighted by Gasteiger charge is -2.33. The summed E-state index contributed by atoms with van der Waals surface area (Å²) in [5.41, 5.74) is 1.73. The summed E-state index contributed by atoms with van der Waals surface area (Å²) in [6.45, 7) is 3.49. The zero-order chi connectivity index (χ0) is 19.3. The fourth-order valence-electron chi connectivity index (χ4n) is 3.69. The molecule has 27 heavy (non-hydrogen) atoms. The highest BCUT2D eigenvalue weighted by atomic mass is 35.5. The molecule has 1 fully saturated rings. The Balaban J connectivity index is 1.98. The molecular formula is C20H17ClN2O3S. The predicted octanol–water partition coefficient (Wildman–Crippen LogP) is 3.94. The molecule has 138 valence electrons. The molecule has 2 aromatic carbocycles. The number of fused-ring (bicyclic) bond motifs is 2. The number of hydrogen-bond acceptors (Lipinski definition) is 4. The zero-order valence-corrected chi connectivity index (χ0v) is 16.4. The summed E-state index contributed by atoms with van der Waals surface area (Å²) in [5, 5.41) is 0.0397. The van der Waals surface area contributed by atoms with E-state index in [9.17, 15) is 14.4 Å². The van der Waals surface area contributed by atoms with E-state index in [-0.39, 0.29) is 18.2 Å². The fraction of sp³-hybridized carbons (Fsp3) is 0.250. The van der Waals surface area contributed by atoms with Crippen molar-refractivity contribution in [2.45, 2.75) is 30.4 Å². The van der Waals surface area contributed by atoms with E-state index < -0.39 is 16.0 Å². The highest BCUT2D eigenvalue weighted by Gasteiger charge is 2.64. The predicted molar refractivity (Wildman–Crippen MR) is 107 cm³/mol. The van der Waals surface area contributed by atoms with Crippen LogP contribution < -0.4 is 9.80 Å². The third-order valence-corrected chi connectivity index (χ3v) is 6.56. The third kappa shape index (κ3) is 2.43. The Morgan fingerprint density at radius 3 is 2.63 bits per heavy atom. The minimum atomic E-state index is -1.30. The molecule has 7 heteroatoms. The van der Waals surface area contributed by atoms with E-state index in [4.69, 9.17) is 11.6 Å². The van der Waals surface area contributed by atoms with Gasteiger partial charge >= 0.3 is 0 Å². The van der Waals surface area contributed by atoms with Gasteiger partial charge in [0.05, 0.1) is 10.9 Å². The van der Waals surface area contributed by atoms with Crippen LogP contribution in [0.1, 0.15) is 25.8 Å². The topological polar surface area (TPSA) is 57.7 Å². The summed E-state index contributed by atoms with van der Waals surface area (Å²) in [6.07, 6.45) is 0.196. The van der Waals surface area contributed by atoms with Crippen LogP contribution >= 0.6 is 23.4 Å². The number of carbonyl (C=O) groups excluding carboxylic acids is 3. The molecule has 1 spiro atoms. The highest BCUT2D eigenvalue weighted by molar-refractivity contribution is 8.03. The smallest absolute Gasteiger partial charge is 0.275 e. The van der Waals surface area contributed by atoms with Crippen LogP contribution in [0.5, 0.6) is 0 Å². The molecule has 1 saturated heterocycles. The SMILES string of the molecule is CCC(=O)N1C(=O)[C@]2(S[C@@H](C)C(=O)N2c2cccc(Cl)c2)c2ccccc21. The number of imide groups is 1. The second-order valence-corrected chi connectivity index (χ2v) is 8.43. The number of benzene rings is 2. The van der Waals surface area contributed by atoms with Gasteiger partial charge in [0, 0.05) is 22.7 Å². The number of para-hydroxylation sites is 1. The van der Waals surface area contributed by atoms with Crippen LogP contribution in [0.25, 0.3) is 0 Å². The molecule has 0 radical (unpaired) electrons. The summed E-state index contributed by atoms with van der Waals surface area (Å²) in [6, 6.07) is 14.0. The van der Waals surface area contributed by atoms with Crippen molar-refractivity contribution in [3.63, 3.8) is 0 Å². The van der Waals surface area contributed by atoms with Gasteiger partial charge in [-0.1, -0.05) is 42.8 Å². The second kappa shape index (κ2) is 6.39. The van der Waals surface area contributed by atoms with Gasteiger partial charge in [-0.15, -0.1) is 11.8 Å². The lowest BCUT2D eigenvalue weighted by Crippen LogP contribution is -2.51. The summed E-state index contributed by atoms with van der Waals surface area (Å²) in [4.78, 5) is 40.7. The molecule has 0 aliphatic carbocycles. The zero-order valence-electron chi connectivity index (χ0n) is 14.8. The molecule has 0 N–H and O–H groups in total. The molecule has 2 atom stereocenters. The molecule has 4 rings (SSSR count). The lowest BCUT2D eigenvalue weighted by molar-refractivity contribution is -0.128. The van der Waals surface area contributed by atoms with Gasteiger partial charge in [0.15, 0.2) is 0 Å². The van der Waals surface area contributed by atoms with Crippen LogP contribution in [0.2, 0.25) is 5.02 Å². The number of nitrogens with zero attached hydrogens (tertiary/aromatic N) is 2. The minimum Gasteiger partial charge on any atom is -0.283 e. The summed E-state index contributed by atoms with van der Waals surface area (Å²) in [7, 11) is 0. The standard InChI is InChI=1S/C20H17ClN2O3S/c1-3-17(24)22-16-10-5-4-9-15(16)20(19(22)26)23(18(25)12(2)27-20)14-8-6-7-13(21)11-14/h4-12H,3H2,1-2H3/t12-,20+/m0/s1. The molecule has 3 amide bonds. The second-order valence-electron chi connectivity index (χ2n) is 6.46. The van der Waals surface area contributed by atoms with E-state index in [0.29, 0.717) is 22.0 Å². The first-order valence-electron chi connectivity index (χ1n) is 8.66. The van der Waals surface area contributed by atoms with Crippen molar-refractivity contribution in [3.05, 3.63) is 59.1 Å². The van der Waals surface area contributed by atoms with Gasteiger partial charge in [-0.2, -0.15) is 0 Å². The minimum absolute atomic E-state index is 0.184. The lowest BCUT2D eigenvalue weighted by atomic mass is 10.0. The molecule has 2 aliphatic rings. The average molecular weight is 401 g/mol. The first kappa shape index (κ1) is 18.1. The Morgan fingerprint density at radius 2 is 1.93 bits per heavy atom. The van der Waals surface area contributed by atoms with E-state index in [1.54, 1.807) is 50.2 Å². The molecule has 2 aliphatic heterocycles. The van der Waals surface area contributed by atoms with Crippen molar-refractivity contribution in [2.24, 2.45) is 0 Å². The molecule has 5 nitrogen and oxygen atoms in total. The Labute approximate surface area is 166 Å². The maximum absolute atomic E-state index is 13.6. The van der Waals surface area contributed by atoms with Crippen LogP contribution in [-0.4, -0.2) is 23.0 Å². The van der Waals surface area contributed by atoms with Crippen LogP contribution in [0.3, 0.4) is 0 Å². The van der Waals surface area contributed by atoms with Crippen molar-refractivity contribution in [3.8, 4) is 0 Å². The quantitative estimate of drug-likeness (QED) is 0.766. The van der Waals surface area contributed by atoms with Crippen LogP contribution in [0.15, 0.2) is 48.5 Å². The van der Waals surface area contributed by atoms with Gasteiger partial charge < -0.3 is 0 Å². The number of thioether (sulfide) groups is 1. The first-order chi connectivity index (χ1) is 12.9. The number of carbonyl (C=O) groups is 3. The number of rotatable bonds is 2. The first-order valence-corrected chi connectivity index (χ1v) is 9.92. The van der Waals surface area contributed by atoms with Gasteiger partial charge in [0.1, 0.15) is 0 Å². The largest absolute Gasteiger partial charge is 0.283 e. The van der Waals surface area contributed by atoms with Gasteiger partial charge in [-0.05, 0) is 31.2 Å². The summed E-state index contributed by atoms with van der Waals surface area (Å²) >= 11 is 7.41. The van der Waals surface area contributed by atoms with E-state index >= 15 is 0 Å². The number of halogens is 1. The summed E-state index contributed by atoms with van der Waals surface area (Å²) in [5.74, 6) is -0.877. The summed E-state index contributed by atoms with van der Waals surface area (Å²) < 4.78 is 0. The molecule has 0 unspecified atom stereocenters. The van der Waals surface area contributed by atoms with Crippen molar-refractivity contribution in [1.29, 1.82) is 0 Å². The Hall–Kier alpha value is -2.31. The van der Waals surface area contributed by atoms with Crippen molar-refractivity contribution < 1.29 is 14.4 Å². The maximum atomic E-state index is 13.6. The van der Waals surface area contributed by atoms with Crippen LogP contribution in [0, 0.1) is 0 Å². The monoisotopic (exact) mass is 400 g/mol. The fourth-order valence-corrected chi connectivity index (χ4v) is 5.38. The Kier molecular flexibility index (Phi) is 4.28. The van der Waals surface area contributed by atoms with E-state index in [2.05, 4.69) is 0 Å². The molecule has 0 bridgehead atoms. The van der Waals surface area contributed by atoms with E-state index in [0.717, 1.165) is 0 Å². The maximum Gasteiger partial charge on any atom is 0.275 e. The van der Waals surface area contributed by atoms with Gasteiger partial charge in [-0.25, -0.2) is 4.90 Å². The van der Waals surface area contributed by atoms with Crippen molar-refractivity contribution in [1.82, 2.24) is 0 Å². The van der Waals surface area contributed by atoms with Crippen molar-refractivity contribution >= 4 is 52.5 Å². The van der Waals surface area contributed by atoms with Gasteiger partial charge in [0.25, 0.3) is 5.91 Å². The number of hydrogen-bond donors (Lipinski definition) is 0. The van der Waals surface area contributed by atoms with Crippen LogP contribution in [0.4, 0.5) is 11.4 Å². The van der Waals surface area contributed by atoms with Gasteiger partial charge in [0.2, 0.25) is 16.7 Å². The number of anilines is 2. The molecule has 0 aromatic heterocycles. The molecule has 2 heterocycles. The number of amides is 3. The third-order valence-electron chi connectivity index (χ3n) is 4.85. The van der Waals surface area contributed by atoms with E-state index in [1.165, 1.54) is 21.6 Å². The normalized spacial score (nSPS) is 24.0. The van der Waals surface area contributed by atoms with E-state index in [1.807, 2.05) is 12.1 Å². The Bertz CT molecular complexity index is 979.